The lowest BCUT2D eigenvalue weighted by molar-refractivity contribution is -0.143. The first-order valence-electron chi connectivity index (χ1n) is 38.0. The van der Waals surface area contributed by atoms with Gasteiger partial charge in [0.15, 0.2) is 0 Å². The van der Waals surface area contributed by atoms with Gasteiger partial charge in [-0.15, -0.1) is 0 Å². The lowest BCUT2D eigenvalue weighted by Crippen LogP contribution is -2.45. The largest absolute Gasteiger partial charge is 0.466 e. The number of aliphatic hydroxyl groups is 2. The van der Waals surface area contributed by atoms with Gasteiger partial charge in [0.25, 0.3) is 0 Å². The molecule has 0 heterocycles. The van der Waals surface area contributed by atoms with Crippen LogP contribution in [0.2, 0.25) is 0 Å². The molecule has 3 N–H and O–H groups in total. The highest BCUT2D eigenvalue weighted by atomic mass is 16.5. The maximum absolute atomic E-state index is 12.5. The van der Waals surface area contributed by atoms with Crippen molar-refractivity contribution in [3.8, 4) is 0 Å². The van der Waals surface area contributed by atoms with Gasteiger partial charge in [-0.25, -0.2) is 0 Å². The number of nitrogens with one attached hydrogen (secondary N) is 1. The summed E-state index contributed by atoms with van der Waals surface area (Å²) in [6, 6.07) is -0.625. The van der Waals surface area contributed by atoms with Crippen LogP contribution < -0.4 is 5.32 Å². The van der Waals surface area contributed by atoms with E-state index in [9.17, 15) is 19.8 Å². The van der Waals surface area contributed by atoms with Crippen LogP contribution in [0.25, 0.3) is 0 Å². The fourth-order valence-corrected chi connectivity index (χ4v) is 12.3. The Morgan fingerprint density at radius 3 is 0.829 bits per heavy atom. The third-order valence-corrected chi connectivity index (χ3v) is 18.1. The van der Waals surface area contributed by atoms with E-state index in [0.29, 0.717) is 19.4 Å². The van der Waals surface area contributed by atoms with Gasteiger partial charge in [0.05, 0.1) is 25.4 Å². The van der Waals surface area contributed by atoms with E-state index in [0.717, 1.165) is 38.5 Å². The van der Waals surface area contributed by atoms with Gasteiger partial charge >= 0.3 is 5.97 Å². The molecule has 0 fully saturated rings. The third-order valence-electron chi connectivity index (χ3n) is 18.1. The van der Waals surface area contributed by atoms with Crippen LogP contribution in [-0.2, 0) is 14.3 Å². The van der Waals surface area contributed by atoms with E-state index in [1.54, 1.807) is 6.08 Å². The Kier molecular flexibility index (Phi) is 70.8. The monoisotopic (exact) mass is 1160 g/mol. The molecule has 0 bridgehead atoms. The second kappa shape index (κ2) is 72.1. The van der Waals surface area contributed by atoms with Crippen LogP contribution in [0.4, 0.5) is 0 Å². The molecule has 0 saturated heterocycles. The topological polar surface area (TPSA) is 95.9 Å². The normalized spacial score (nSPS) is 12.5. The molecule has 82 heavy (non-hydrogen) atoms. The van der Waals surface area contributed by atoms with Crippen molar-refractivity contribution in [1.82, 2.24) is 5.32 Å². The first-order valence-corrected chi connectivity index (χ1v) is 38.0. The number of aliphatic hydroxyl groups excluding tert-OH is 2. The van der Waals surface area contributed by atoms with E-state index in [-0.39, 0.29) is 18.5 Å². The number of ether oxygens (including phenoxy) is 1. The van der Waals surface area contributed by atoms with Crippen molar-refractivity contribution in [3.63, 3.8) is 0 Å². The molecule has 2 unspecified atom stereocenters. The van der Waals surface area contributed by atoms with Gasteiger partial charge in [0.2, 0.25) is 5.91 Å². The number of esters is 1. The summed E-state index contributed by atoms with van der Waals surface area (Å²) in [5.41, 5.74) is 0. The first kappa shape index (κ1) is 80.6. The molecule has 0 aromatic rings. The van der Waals surface area contributed by atoms with Crippen molar-refractivity contribution in [2.75, 3.05) is 13.2 Å². The minimum absolute atomic E-state index is 0.0249. The van der Waals surface area contributed by atoms with Crippen LogP contribution in [0.5, 0.6) is 0 Å². The van der Waals surface area contributed by atoms with Crippen molar-refractivity contribution >= 4 is 11.9 Å². The van der Waals surface area contributed by atoms with Crippen LogP contribution in [0.1, 0.15) is 438 Å². The predicted octanol–water partition coefficient (Wildman–Crippen LogP) is 24.7. The maximum Gasteiger partial charge on any atom is 0.305 e. The highest BCUT2D eigenvalue weighted by Gasteiger charge is 2.18. The van der Waals surface area contributed by atoms with Gasteiger partial charge in [0.1, 0.15) is 0 Å². The predicted molar refractivity (Wildman–Crippen MR) is 361 cm³/mol. The Labute approximate surface area is 514 Å². The molecule has 0 aliphatic rings. The quantitative estimate of drug-likeness (QED) is 0.0320. The number of allylic oxidation sites excluding steroid dienone is 1. The maximum atomic E-state index is 12.5. The summed E-state index contributed by atoms with van der Waals surface area (Å²) >= 11 is 0. The van der Waals surface area contributed by atoms with Crippen LogP contribution >= 0.6 is 0 Å². The van der Waals surface area contributed by atoms with E-state index in [2.05, 4.69) is 19.2 Å². The molecule has 1 amide bonds. The molecule has 2 atom stereocenters. The Balaban J connectivity index is 3.33. The average Bonchev–Trinajstić information content (AvgIpc) is 3.48. The van der Waals surface area contributed by atoms with Crippen LogP contribution in [-0.4, -0.2) is 47.4 Å². The minimum atomic E-state index is -0.842. The number of carbonyl (C=O) groups is 2. The Bertz CT molecular complexity index is 1240. The van der Waals surface area contributed by atoms with Crippen molar-refractivity contribution < 1.29 is 24.5 Å². The molecule has 0 aromatic heterocycles. The summed E-state index contributed by atoms with van der Waals surface area (Å²) in [6.45, 7) is 4.96. The minimum Gasteiger partial charge on any atom is -0.466 e. The highest BCUT2D eigenvalue weighted by Crippen LogP contribution is 2.20. The molecule has 6 heteroatoms. The number of hydrogen-bond donors (Lipinski definition) is 3. The number of amides is 1. The molecule has 0 rings (SSSR count). The second-order valence-electron chi connectivity index (χ2n) is 26.4. The summed E-state index contributed by atoms with van der Waals surface area (Å²) in [5, 5.41) is 23.2. The van der Waals surface area contributed by atoms with Gasteiger partial charge in [-0.3, -0.25) is 9.59 Å². The average molecular weight is 1160 g/mol. The zero-order valence-electron chi connectivity index (χ0n) is 56.0. The van der Waals surface area contributed by atoms with Crippen molar-refractivity contribution in [2.45, 2.75) is 450 Å². The fourth-order valence-electron chi connectivity index (χ4n) is 12.3. The molecule has 0 aromatic carbocycles. The van der Waals surface area contributed by atoms with Crippen molar-refractivity contribution in [1.29, 1.82) is 0 Å². The summed E-state index contributed by atoms with van der Waals surface area (Å²) in [6.07, 6.45) is 90.3. The van der Waals surface area contributed by atoms with E-state index in [1.165, 1.54) is 372 Å². The first-order chi connectivity index (χ1) is 40.5. The Hall–Kier alpha value is -1.40. The Morgan fingerprint density at radius 1 is 0.329 bits per heavy atom. The van der Waals surface area contributed by atoms with Crippen molar-refractivity contribution in [2.24, 2.45) is 0 Å². The van der Waals surface area contributed by atoms with Crippen LogP contribution in [0, 0.1) is 0 Å². The number of rotatable bonds is 72. The zero-order chi connectivity index (χ0) is 59.2. The summed E-state index contributed by atoms with van der Waals surface area (Å²) < 4.78 is 5.51. The summed E-state index contributed by atoms with van der Waals surface area (Å²) in [7, 11) is 0. The van der Waals surface area contributed by atoms with Gasteiger partial charge in [-0.2, -0.15) is 0 Å². The molecule has 488 valence electrons. The lowest BCUT2D eigenvalue weighted by atomic mass is 10.0. The zero-order valence-corrected chi connectivity index (χ0v) is 56.0. The smallest absolute Gasteiger partial charge is 0.305 e. The molecule has 0 spiro atoms. The third kappa shape index (κ3) is 67.7. The molecule has 0 aliphatic heterocycles. The molecule has 0 radical (unpaired) electrons. The molecular formula is C76H149NO5. The lowest BCUT2D eigenvalue weighted by Gasteiger charge is -2.20. The van der Waals surface area contributed by atoms with E-state index in [1.807, 2.05) is 6.08 Å². The van der Waals surface area contributed by atoms with Gasteiger partial charge < -0.3 is 20.3 Å². The number of hydrogen-bond acceptors (Lipinski definition) is 5. The summed E-state index contributed by atoms with van der Waals surface area (Å²) in [5.74, 6) is -0.0348. The van der Waals surface area contributed by atoms with Gasteiger partial charge in [-0.1, -0.05) is 405 Å². The highest BCUT2D eigenvalue weighted by molar-refractivity contribution is 5.76. The molecular weight excluding hydrogens is 1010 g/mol. The molecule has 0 saturated carbocycles. The number of unbranched alkanes of at least 4 members (excludes halogenated alkanes) is 61. The van der Waals surface area contributed by atoms with E-state index >= 15 is 0 Å². The van der Waals surface area contributed by atoms with E-state index in [4.69, 9.17) is 4.74 Å². The SMILES string of the molecule is CCCCCCCCCCCCCCCCCC/C=C/C(O)C(CO)NC(=O)CCCCCCCCCCCCCCCCCCCCCCCCCCCCCCCCOC(=O)CCCCCCCCCCCCCCCCCCC. The summed E-state index contributed by atoms with van der Waals surface area (Å²) in [4.78, 5) is 24.6. The van der Waals surface area contributed by atoms with Crippen LogP contribution in [0.15, 0.2) is 12.2 Å². The number of carbonyl (C=O) groups excluding carboxylic acids is 2. The van der Waals surface area contributed by atoms with Gasteiger partial charge in [0, 0.05) is 12.8 Å². The van der Waals surface area contributed by atoms with E-state index < -0.39 is 12.1 Å². The molecule has 0 aliphatic carbocycles. The van der Waals surface area contributed by atoms with Crippen molar-refractivity contribution in [3.05, 3.63) is 12.2 Å². The molecule has 6 nitrogen and oxygen atoms in total. The standard InChI is InChI=1S/C76H149NO5/c1-3-5-7-9-11-13-15-17-19-21-37-40-44-48-52-56-60-64-68-74(79)73(72-78)77-75(80)69-65-61-57-53-49-45-41-38-34-32-30-28-26-24-22-23-25-27-29-31-33-35-39-43-47-51-55-59-63-67-71-82-76(81)70-66-62-58-54-50-46-42-36-20-18-16-14-12-10-8-6-4-2/h64,68,73-74,78-79H,3-63,65-67,69-72H2,1-2H3,(H,77,80)/b68-64+. The Morgan fingerprint density at radius 2 is 0.561 bits per heavy atom. The van der Waals surface area contributed by atoms with Crippen LogP contribution in [0.3, 0.4) is 0 Å². The van der Waals surface area contributed by atoms with Gasteiger partial charge in [-0.05, 0) is 32.1 Å². The second-order valence-corrected chi connectivity index (χ2v) is 26.4. The fraction of sp³-hybridized carbons (Fsp3) is 0.947.